The zero-order valence-electron chi connectivity index (χ0n) is 17.4. The Kier molecular flexibility index (Phi) is 7.02. The smallest absolute Gasteiger partial charge is 0.311 e. The summed E-state index contributed by atoms with van der Waals surface area (Å²) >= 11 is 6.14. The second kappa shape index (κ2) is 9.70. The molecule has 1 aliphatic rings. The normalized spacial score (nSPS) is 15.5. The van der Waals surface area contributed by atoms with Crippen molar-refractivity contribution in [2.45, 2.75) is 13.3 Å². The number of nitrogens with one attached hydrogen (secondary N) is 1. The number of esters is 1. The van der Waals surface area contributed by atoms with Crippen molar-refractivity contribution in [2.75, 3.05) is 37.6 Å². The fourth-order valence-corrected chi connectivity index (χ4v) is 3.51. The van der Waals surface area contributed by atoms with Crippen molar-refractivity contribution in [2.24, 2.45) is 5.92 Å². The number of hydrogen-bond donors (Lipinski definition) is 1. The minimum absolute atomic E-state index is 0.0100. The maximum atomic E-state index is 12.4. The average Bonchev–Trinajstić information content (AvgIpc) is 3.15. The maximum absolute atomic E-state index is 12.4. The molecule has 1 heterocycles. The van der Waals surface area contributed by atoms with E-state index in [0.29, 0.717) is 27.9 Å². The van der Waals surface area contributed by atoms with Crippen LogP contribution < -0.4 is 19.7 Å². The Morgan fingerprint density at radius 3 is 2.68 bits per heavy atom. The summed E-state index contributed by atoms with van der Waals surface area (Å²) in [7, 11) is 2.98. The Balaban J connectivity index is 1.58. The molecule has 0 saturated carbocycles. The quantitative estimate of drug-likeness (QED) is 0.656. The van der Waals surface area contributed by atoms with Crippen LogP contribution in [0.4, 0.5) is 11.4 Å². The Morgan fingerprint density at radius 1 is 1.19 bits per heavy atom. The average molecular weight is 447 g/mol. The molecular formula is C22H23ClN2O6. The summed E-state index contributed by atoms with van der Waals surface area (Å²) in [5, 5.41) is 3.17. The number of halogens is 1. The van der Waals surface area contributed by atoms with Gasteiger partial charge in [0.1, 0.15) is 11.5 Å². The number of rotatable bonds is 7. The highest BCUT2D eigenvalue weighted by molar-refractivity contribution is 6.31. The number of ether oxygens (including phenoxy) is 3. The second-order valence-corrected chi connectivity index (χ2v) is 7.42. The number of carbonyl (C=O) groups excluding carboxylic acids is 3. The first-order valence-corrected chi connectivity index (χ1v) is 9.95. The van der Waals surface area contributed by atoms with E-state index < -0.39 is 24.4 Å². The number of anilines is 2. The SMILES string of the molecule is COc1ccc(OC)c(NC(=O)COC(=O)[C@H]2CC(=O)N(c3cccc(Cl)c3C)C2)c1. The van der Waals surface area contributed by atoms with Gasteiger partial charge in [0, 0.05) is 29.7 Å². The first-order chi connectivity index (χ1) is 14.8. The summed E-state index contributed by atoms with van der Waals surface area (Å²) in [4.78, 5) is 38.7. The molecule has 0 radical (unpaired) electrons. The van der Waals surface area contributed by atoms with Gasteiger partial charge in [-0.3, -0.25) is 14.4 Å². The molecule has 0 aromatic heterocycles. The third-order valence-electron chi connectivity index (χ3n) is 5.01. The Labute approximate surface area is 185 Å². The van der Waals surface area contributed by atoms with Crippen LogP contribution in [-0.2, 0) is 19.1 Å². The van der Waals surface area contributed by atoms with E-state index in [0.717, 1.165) is 5.56 Å². The number of hydrogen-bond acceptors (Lipinski definition) is 6. The summed E-state index contributed by atoms with van der Waals surface area (Å²) in [5.74, 6) is -1.03. The molecule has 8 nitrogen and oxygen atoms in total. The zero-order valence-corrected chi connectivity index (χ0v) is 18.2. The van der Waals surface area contributed by atoms with Crippen LogP contribution in [0.3, 0.4) is 0 Å². The topological polar surface area (TPSA) is 94.2 Å². The summed E-state index contributed by atoms with van der Waals surface area (Å²) in [6.45, 7) is 1.50. The number of amides is 2. The Bertz CT molecular complexity index is 1010. The molecule has 1 fully saturated rings. The van der Waals surface area contributed by atoms with Crippen LogP contribution in [-0.4, -0.2) is 45.2 Å². The lowest BCUT2D eigenvalue weighted by Crippen LogP contribution is -2.28. The molecule has 9 heteroatoms. The monoisotopic (exact) mass is 446 g/mol. The van der Waals surface area contributed by atoms with Gasteiger partial charge in [0.15, 0.2) is 6.61 Å². The van der Waals surface area contributed by atoms with Gasteiger partial charge in [-0.1, -0.05) is 17.7 Å². The molecule has 0 bridgehead atoms. The van der Waals surface area contributed by atoms with Gasteiger partial charge in [0.2, 0.25) is 5.91 Å². The van der Waals surface area contributed by atoms with Gasteiger partial charge in [-0.2, -0.15) is 0 Å². The highest BCUT2D eigenvalue weighted by Gasteiger charge is 2.37. The standard InChI is InChI=1S/C22H23ClN2O6/c1-13-16(23)5-4-6-18(13)25-11-14(9-21(25)27)22(28)31-12-20(26)24-17-10-15(29-2)7-8-19(17)30-3/h4-8,10,14H,9,11-12H2,1-3H3,(H,24,26)/t14-/m0/s1. The summed E-state index contributed by atoms with van der Waals surface area (Å²) < 4.78 is 15.5. The summed E-state index contributed by atoms with van der Waals surface area (Å²) in [6, 6.07) is 10.2. The van der Waals surface area contributed by atoms with E-state index in [1.807, 2.05) is 6.92 Å². The highest BCUT2D eigenvalue weighted by Crippen LogP contribution is 2.32. The molecular weight excluding hydrogens is 424 g/mol. The third kappa shape index (κ3) is 5.08. The number of nitrogens with zero attached hydrogens (tertiary/aromatic N) is 1. The van der Waals surface area contributed by atoms with Crippen molar-refractivity contribution in [3.8, 4) is 11.5 Å². The van der Waals surface area contributed by atoms with E-state index in [9.17, 15) is 14.4 Å². The van der Waals surface area contributed by atoms with Crippen molar-refractivity contribution in [3.05, 3.63) is 47.0 Å². The zero-order chi connectivity index (χ0) is 22.5. The van der Waals surface area contributed by atoms with Crippen LogP contribution in [0.15, 0.2) is 36.4 Å². The first kappa shape index (κ1) is 22.4. The van der Waals surface area contributed by atoms with Crippen LogP contribution in [0, 0.1) is 12.8 Å². The van der Waals surface area contributed by atoms with E-state index >= 15 is 0 Å². The Hall–Kier alpha value is -3.26. The molecule has 2 aromatic carbocycles. The fraction of sp³-hybridized carbons (Fsp3) is 0.318. The van der Waals surface area contributed by atoms with Crippen molar-refractivity contribution in [1.82, 2.24) is 0 Å². The van der Waals surface area contributed by atoms with Crippen LogP contribution in [0.25, 0.3) is 0 Å². The molecule has 2 amide bonds. The largest absolute Gasteiger partial charge is 0.497 e. The lowest BCUT2D eigenvalue weighted by atomic mass is 10.1. The molecule has 1 saturated heterocycles. The first-order valence-electron chi connectivity index (χ1n) is 9.58. The molecule has 1 aliphatic heterocycles. The van der Waals surface area contributed by atoms with Gasteiger partial charge in [0.25, 0.3) is 5.91 Å². The molecule has 1 atom stereocenters. The highest BCUT2D eigenvalue weighted by atomic mass is 35.5. The number of benzene rings is 2. The molecule has 0 spiro atoms. The van der Waals surface area contributed by atoms with Gasteiger partial charge in [-0.25, -0.2) is 0 Å². The Morgan fingerprint density at radius 2 is 1.97 bits per heavy atom. The lowest BCUT2D eigenvalue weighted by molar-refractivity contribution is -0.151. The minimum Gasteiger partial charge on any atom is -0.497 e. The maximum Gasteiger partial charge on any atom is 0.311 e. The predicted octanol–water partition coefficient (Wildman–Crippen LogP) is 3.20. The third-order valence-corrected chi connectivity index (χ3v) is 5.42. The summed E-state index contributed by atoms with van der Waals surface area (Å²) in [6.07, 6.45) is 0.0100. The molecule has 1 N–H and O–H groups in total. The van der Waals surface area contributed by atoms with E-state index in [2.05, 4.69) is 5.32 Å². The van der Waals surface area contributed by atoms with E-state index in [1.165, 1.54) is 19.1 Å². The minimum atomic E-state index is -0.662. The molecule has 0 unspecified atom stereocenters. The van der Waals surface area contributed by atoms with E-state index in [-0.39, 0.29) is 18.9 Å². The van der Waals surface area contributed by atoms with Crippen molar-refractivity contribution < 1.29 is 28.6 Å². The second-order valence-electron chi connectivity index (χ2n) is 7.01. The van der Waals surface area contributed by atoms with Crippen LogP contribution >= 0.6 is 11.6 Å². The van der Waals surface area contributed by atoms with Gasteiger partial charge in [-0.15, -0.1) is 0 Å². The van der Waals surface area contributed by atoms with Crippen LogP contribution in [0.1, 0.15) is 12.0 Å². The lowest BCUT2D eigenvalue weighted by Gasteiger charge is -2.19. The van der Waals surface area contributed by atoms with Gasteiger partial charge in [-0.05, 0) is 36.8 Å². The van der Waals surface area contributed by atoms with Gasteiger partial charge < -0.3 is 24.4 Å². The van der Waals surface area contributed by atoms with Crippen molar-refractivity contribution in [1.29, 1.82) is 0 Å². The van der Waals surface area contributed by atoms with Crippen LogP contribution in [0.5, 0.6) is 11.5 Å². The molecule has 2 aromatic rings. The number of carbonyl (C=O) groups is 3. The summed E-state index contributed by atoms with van der Waals surface area (Å²) in [5.41, 5.74) is 1.82. The molecule has 164 valence electrons. The van der Waals surface area contributed by atoms with Crippen molar-refractivity contribution >= 4 is 40.8 Å². The molecule has 3 rings (SSSR count). The predicted molar refractivity (Wildman–Crippen MR) is 116 cm³/mol. The van der Waals surface area contributed by atoms with E-state index in [4.69, 9.17) is 25.8 Å². The van der Waals surface area contributed by atoms with Crippen LogP contribution in [0.2, 0.25) is 5.02 Å². The van der Waals surface area contributed by atoms with Gasteiger partial charge >= 0.3 is 5.97 Å². The van der Waals surface area contributed by atoms with Crippen molar-refractivity contribution in [3.63, 3.8) is 0 Å². The number of methoxy groups -OCH3 is 2. The fourth-order valence-electron chi connectivity index (χ4n) is 3.34. The van der Waals surface area contributed by atoms with Gasteiger partial charge in [0.05, 0.1) is 25.8 Å². The molecule has 31 heavy (non-hydrogen) atoms. The molecule has 0 aliphatic carbocycles. The van der Waals surface area contributed by atoms with E-state index in [1.54, 1.807) is 36.4 Å².